The molecule has 11 rings (SSSR count). The Morgan fingerprint density at radius 1 is 0.213 bits per heavy atom. The maximum atomic E-state index is 6.14. The number of pyridine rings is 2. The molecule has 0 unspecified atom stereocenters. The third-order valence-corrected chi connectivity index (χ3v) is 11.5. The van der Waals surface area contributed by atoms with E-state index < -0.39 is 0 Å². The van der Waals surface area contributed by atoms with Crippen molar-refractivity contribution in [2.45, 2.75) is 0 Å². The molecule has 3 heteroatoms. The number of furan rings is 1. The second kappa shape index (κ2) is 15.6. The first-order valence-corrected chi connectivity index (χ1v) is 20.6. The van der Waals surface area contributed by atoms with E-state index in [1.807, 2.05) is 36.4 Å². The van der Waals surface area contributed by atoms with Crippen LogP contribution in [-0.2, 0) is 0 Å². The van der Waals surface area contributed by atoms with Gasteiger partial charge in [-0.3, -0.25) is 0 Å². The van der Waals surface area contributed by atoms with Crippen LogP contribution in [0.1, 0.15) is 0 Å². The highest BCUT2D eigenvalue weighted by molar-refractivity contribution is 6.06. The van der Waals surface area contributed by atoms with Gasteiger partial charge in [-0.2, -0.15) is 0 Å². The summed E-state index contributed by atoms with van der Waals surface area (Å²) in [5, 5.41) is 2.25. The zero-order valence-electron chi connectivity index (χ0n) is 33.2. The SMILES string of the molecule is c1ccc(-c2cc(-c3cc(-c4ccc(-c5ccc6oc7ccccc7c6c5)cc4)cc(-c4cc(-c5ccccc5)nc(-c5ccccc5)c4)c3)cc(-c3ccccc3)n2)cc1. The smallest absolute Gasteiger partial charge is 0.135 e. The molecule has 0 fully saturated rings. The Labute approximate surface area is 354 Å². The van der Waals surface area contributed by atoms with Gasteiger partial charge >= 0.3 is 0 Å². The van der Waals surface area contributed by atoms with Gasteiger partial charge in [-0.25, -0.2) is 9.97 Å². The highest BCUT2D eigenvalue weighted by Crippen LogP contribution is 2.39. The number of benzene rings is 8. The van der Waals surface area contributed by atoms with Gasteiger partial charge < -0.3 is 4.42 Å². The summed E-state index contributed by atoms with van der Waals surface area (Å²) in [4.78, 5) is 10.4. The minimum Gasteiger partial charge on any atom is -0.456 e. The Kier molecular flexibility index (Phi) is 9.18. The molecule has 3 heterocycles. The number of aromatic nitrogens is 2. The van der Waals surface area contributed by atoms with Gasteiger partial charge in [0.2, 0.25) is 0 Å². The Bertz CT molecular complexity index is 3060. The zero-order valence-corrected chi connectivity index (χ0v) is 33.2. The van der Waals surface area contributed by atoms with Crippen LogP contribution in [0, 0.1) is 0 Å². The van der Waals surface area contributed by atoms with Gasteiger partial charge in [0.15, 0.2) is 0 Å². The summed E-state index contributed by atoms with van der Waals surface area (Å²) in [5.74, 6) is 0. The lowest BCUT2D eigenvalue weighted by molar-refractivity contribution is 0.669. The van der Waals surface area contributed by atoms with Crippen LogP contribution in [0.4, 0.5) is 0 Å². The molecular weight excluding hydrogens is 741 g/mol. The molecule has 3 aromatic heterocycles. The predicted octanol–water partition coefficient (Wildman–Crippen LogP) is 15.7. The van der Waals surface area contributed by atoms with Crippen molar-refractivity contribution < 1.29 is 4.42 Å². The normalized spacial score (nSPS) is 11.3. The molecule has 8 aromatic carbocycles. The highest BCUT2D eigenvalue weighted by Gasteiger charge is 2.15. The number of hydrogen-bond acceptors (Lipinski definition) is 3. The van der Waals surface area contributed by atoms with Gasteiger partial charge in [-0.05, 0) is 105 Å². The fraction of sp³-hybridized carbons (Fsp3) is 0. The van der Waals surface area contributed by atoms with Crippen LogP contribution >= 0.6 is 0 Å². The predicted molar refractivity (Wildman–Crippen MR) is 253 cm³/mol. The van der Waals surface area contributed by atoms with Crippen LogP contribution in [-0.4, -0.2) is 9.97 Å². The lowest BCUT2D eigenvalue weighted by atomic mass is 9.91. The van der Waals surface area contributed by atoms with Gasteiger partial charge in [0.1, 0.15) is 11.2 Å². The van der Waals surface area contributed by atoms with E-state index in [1.54, 1.807) is 0 Å². The number of hydrogen-bond donors (Lipinski definition) is 0. The van der Waals surface area contributed by atoms with E-state index in [-0.39, 0.29) is 0 Å². The van der Waals surface area contributed by atoms with Crippen LogP contribution in [0.5, 0.6) is 0 Å². The van der Waals surface area contributed by atoms with Gasteiger partial charge in [0, 0.05) is 33.0 Å². The number of para-hydroxylation sites is 1. The Morgan fingerprint density at radius 3 is 0.984 bits per heavy atom. The van der Waals surface area contributed by atoms with Crippen LogP contribution in [0.15, 0.2) is 235 Å². The summed E-state index contributed by atoms with van der Waals surface area (Å²) in [7, 11) is 0. The molecule has 0 aliphatic carbocycles. The Morgan fingerprint density at radius 2 is 0.541 bits per heavy atom. The van der Waals surface area contributed by atoms with E-state index in [2.05, 4.69) is 194 Å². The molecule has 0 radical (unpaired) electrons. The standard InChI is InChI=1S/C58H38N2O/c1-5-15-41(16-6-1)53-35-49(36-54(59-53)42-17-7-2-8-18-42)47-31-46(40-27-25-39(26-28-40)45-29-30-58-52(34-45)51-23-13-14-24-57(51)61-58)32-48(33-47)50-37-55(43-19-9-3-10-20-43)60-56(38-50)44-21-11-4-12-22-44/h1-38H. The molecule has 0 N–H and O–H groups in total. The summed E-state index contributed by atoms with van der Waals surface area (Å²) < 4.78 is 6.14. The minimum absolute atomic E-state index is 0.898. The van der Waals surface area contributed by atoms with Crippen molar-refractivity contribution in [2.24, 2.45) is 0 Å². The Hall–Kier alpha value is -8.14. The van der Waals surface area contributed by atoms with Crippen molar-refractivity contribution in [2.75, 3.05) is 0 Å². The topological polar surface area (TPSA) is 38.9 Å². The number of nitrogens with zero attached hydrogens (tertiary/aromatic N) is 2. The third-order valence-electron chi connectivity index (χ3n) is 11.5. The largest absolute Gasteiger partial charge is 0.456 e. The first-order chi connectivity index (χ1) is 30.2. The molecule has 0 spiro atoms. The van der Waals surface area contributed by atoms with Crippen molar-refractivity contribution in [3.05, 3.63) is 231 Å². The van der Waals surface area contributed by atoms with Crippen molar-refractivity contribution in [1.82, 2.24) is 9.97 Å². The van der Waals surface area contributed by atoms with E-state index in [1.165, 1.54) is 0 Å². The van der Waals surface area contributed by atoms with Crippen molar-refractivity contribution in [3.8, 4) is 89.5 Å². The van der Waals surface area contributed by atoms with E-state index in [0.29, 0.717) is 0 Å². The van der Waals surface area contributed by atoms with Gasteiger partial charge in [0.05, 0.1) is 22.8 Å². The summed E-state index contributed by atoms with van der Waals surface area (Å²) >= 11 is 0. The van der Waals surface area contributed by atoms with Crippen molar-refractivity contribution in [1.29, 1.82) is 0 Å². The second-order valence-corrected chi connectivity index (χ2v) is 15.4. The molecule has 0 aliphatic heterocycles. The number of rotatable bonds is 8. The van der Waals surface area contributed by atoms with Crippen LogP contribution in [0.25, 0.3) is 111 Å². The first kappa shape index (κ1) is 36.0. The third kappa shape index (κ3) is 7.20. The van der Waals surface area contributed by atoms with E-state index >= 15 is 0 Å². The van der Waals surface area contributed by atoms with Gasteiger partial charge in [-0.1, -0.05) is 170 Å². The fourth-order valence-electron chi connectivity index (χ4n) is 8.31. The molecule has 0 atom stereocenters. The van der Waals surface area contributed by atoms with Crippen LogP contribution in [0.2, 0.25) is 0 Å². The van der Waals surface area contributed by atoms with E-state index in [0.717, 1.165) is 111 Å². The second-order valence-electron chi connectivity index (χ2n) is 15.4. The summed E-state index contributed by atoms with van der Waals surface area (Å²) in [5.41, 5.74) is 18.7. The monoisotopic (exact) mass is 778 g/mol. The summed E-state index contributed by atoms with van der Waals surface area (Å²) in [6, 6.07) is 81.3. The lowest BCUT2D eigenvalue weighted by Crippen LogP contribution is -1.94. The number of fused-ring (bicyclic) bond motifs is 3. The van der Waals surface area contributed by atoms with Crippen molar-refractivity contribution in [3.63, 3.8) is 0 Å². The molecule has 11 aromatic rings. The minimum atomic E-state index is 0.898. The van der Waals surface area contributed by atoms with Crippen molar-refractivity contribution >= 4 is 21.9 Å². The zero-order chi connectivity index (χ0) is 40.5. The first-order valence-electron chi connectivity index (χ1n) is 20.6. The van der Waals surface area contributed by atoms with E-state index in [4.69, 9.17) is 14.4 Å². The maximum Gasteiger partial charge on any atom is 0.135 e. The molecule has 61 heavy (non-hydrogen) atoms. The van der Waals surface area contributed by atoms with Gasteiger partial charge in [0.25, 0.3) is 0 Å². The average Bonchev–Trinajstić information content (AvgIpc) is 3.73. The molecule has 0 saturated heterocycles. The van der Waals surface area contributed by atoms with Gasteiger partial charge in [-0.15, -0.1) is 0 Å². The van der Waals surface area contributed by atoms with Crippen LogP contribution < -0.4 is 0 Å². The molecule has 0 aliphatic rings. The summed E-state index contributed by atoms with van der Waals surface area (Å²) in [6.45, 7) is 0. The van der Waals surface area contributed by atoms with Crippen LogP contribution in [0.3, 0.4) is 0 Å². The molecule has 3 nitrogen and oxygen atoms in total. The molecular formula is C58H38N2O. The average molecular weight is 779 g/mol. The fourth-order valence-corrected chi connectivity index (χ4v) is 8.31. The maximum absolute atomic E-state index is 6.14. The Balaban J connectivity index is 1.09. The molecule has 0 bridgehead atoms. The quantitative estimate of drug-likeness (QED) is 0.154. The highest BCUT2D eigenvalue weighted by atomic mass is 16.3. The molecule has 0 saturated carbocycles. The lowest BCUT2D eigenvalue weighted by Gasteiger charge is -2.15. The summed E-state index contributed by atoms with van der Waals surface area (Å²) in [6.07, 6.45) is 0. The van der Waals surface area contributed by atoms with E-state index in [9.17, 15) is 0 Å². The molecule has 286 valence electrons. The molecule has 0 amide bonds.